The first kappa shape index (κ1) is 25.3. The number of hydrogen-bond acceptors (Lipinski definition) is 9. The number of ether oxygens (including phenoxy) is 3. The predicted molar refractivity (Wildman–Crippen MR) is 142 cm³/mol. The van der Waals surface area contributed by atoms with Gasteiger partial charge in [0.05, 0.1) is 36.2 Å². The summed E-state index contributed by atoms with van der Waals surface area (Å²) in [5, 5.41) is 24.0. The van der Waals surface area contributed by atoms with Gasteiger partial charge in [-0.15, -0.1) is 0 Å². The van der Waals surface area contributed by atoms with Crippen LogP contribution in [-0.4, -0.2) is 63.2 Å². The molecule has 5 heterocycles. The van der Waals surface area contributed by atoms with Gasteiger partial charge >= 0.3 is 0 Å². The van der Waals surface area contributed by atoms with E-state index in [-0.39, 0.29) is 12.7 Å². The number of anilines is 1. The van der Waals surface area contributed by atoms with Crippen LogP contribution in [0.15, 0.2) is 55.1 Å². The van der Waals surface area contributed by atoms with Crippen LogP contribution in [0.25, 0.3) is 16.6 Å². The summed E-state index contributed by atoms with van der Waals surface area (Å²) in [6.45, 7) is 5.11. The summed E-state index contributed by atoms with van der Waals surface area (Å²) in [5.74, 6) is 2.72. The van der Waals surface area contributed by atoms with E-state index in [1.165, 1.54) is 6.20 Å². The molecule has 4 aromatic heterocycles. The van der Waals surface area contributed by atoms with Crippen molar-refractivity contribution in [3.8, 4) is 34.6 Å². The fraction of sp³-hybridized carbons (Fsp3) is 0.357. The maximum Gasteiger partial charge on any atom is 0.217 e. The van der Waals surface area contributed by atoms with Crippen LogP contribution in [0.5, 0.6) is 17.4 Å². The van der Waals surface area contributed by atoms with Gasteiger partial charge in [0, 0.05) is 55.5 Å². The van der Waals surface area contributed by atoms with Crippen molar-refractivity contribution < 1.29 is 19.3 Å². The first-order chi connectivity index (χ1) is 18.3. The Hall–Kier alpha value is -4.36. The van der Waals surface area contributed by atoms with Crippen molar-refractivity contribution in [3.63, 3.8) is 0 Å². The van der Waals surface area contributed by atoms with Crippen molar-refractivity contribution in [2.45, 2.75) is 38.4 Å². The molecule has 0 amide bonds. The van der Waals surface area contributed by atoms with Gasteiger partial charge in [-0.1, -0.05) is 0 Å². The van der Waals surface area contributed by atoms with Gasteiger partial charge in [0.25, 0.3) is 0 Å². The van der Waals surface area contributed by atoms with E-state index in [0.29, 0.717) is 22.7 Å². The molecule has 0 atom stereocenters. The molecule has 5 rings (SSSR count). The summed E-state index contributed by atoms with van der Waals surface area (Å²) in [5.41, 5.74) is 1.78. The van der Waals surface area contributed by atoms with Crippen LogP contribution < -0.4 is 19.1 Å². The first-order valence-corrected chi connectivity index (χ1v) is 12.5. The van der Waals surface area contributed by atoms with E-state index in [4.69, 9.17) is 19.2 Å². The number of rotatable bonds is 8. The third kappa shape index (κ3) is 5.63. The van der Waals surface area contributed by atoms with Crippen LogP contribution in [0.1, 0.15) is 32.3 Å². The van der Waals surface area contributed by atoms with Crippen molar-refractivity contribution in [2.24, 2.45) is 0 Å². The van der Waals surface area contributed by atoms with Gasteiger partial charge in [-0.3, -0.25) is 0 Å². The van der Waals surface area contributed by atoms with Crippen molar-refractivity contribution in [1.82, 2.24) is 19.6 Å². The number of aromatic nitrogens is 4. The van der Waals surface area contributed by atoms with Gasteiger partial charge in [0.2, 0.25) is 5.88 Å². The summed E-state index contributed by atoms with van der Waals surface area (Å²) in [6, 6.07) is 11.6. The highest BCUT2D eigenvalue weighted by molar-refractivity contribution is 5.85. The molecule has 0 spiro atoms. The highest BCUT2D eigenvalue weighted by Crippen LogP contribution is 2.32. The van der Waals surface area contributed by atoms with Crippen molar-refractivity contribution in [3.05, 3.63) is 60.7 Å². The number of hydrogen-bond donors (Lipinski definition) is 1. The van der Waals surface area contributed by atoms with Crippen LogP contribution in [0, 0.1) is 11.3 Å². The summed E-state index contributed by atoms with van der Waals surface area (Å²) in [4.78, 5) is 11.3. The molecule has 0 unspecified atom stereocenters. The minimum atomic E-state index is -0.983. The minimum absolute atomic E-state index is 0.0799. The Morgan fingerprint density at radius 3 is 2.61 bits per heavy atom. The van der Waals surface area contributed by atoms with Gasteiger partial charge in [0.1, 0.15) is 36.1 Å². The first-order valence-electron chi connectivity index (χ1n) is 12.5. The van der Waals surface area contributed by atoms with Gasteiger partial charge < -0.3 is 24.2 Å². The second-order valence-electron chi connectivity index (χ2n) is 9.90. The normalized spacial score (nSPS) is 14.3. The topological polar surface area (TPSA) is 118 Å². The number of nitrogens with zero attached hydrogens (tertiary/aromatic N) is 6. The van der Waals surface area contributed by atoms with E-state index in [1.54, 1.807) is 56.2 Å². The van der Waals surface area contributed by atoms with Gasteiger partial charge in [0.15, 0.2) is 0 Å². The maximum absolute atomic E-state index is 10.1. The lowest BCUT2D eigenvalue weighted by atomic mass is 10.0. The molecule has 1 aliphatic rings. The zero-order valence-corrected chi connectivity index (χ0v) is 21.7. The molecule has 1 aliphatic heterocycles. The summed E-state index contributed by atoms with van der Waals surface area (Å²) in [6.07, 6.45) is 8.52. The molecule has 0 saturated carbocycles. The fourth-order valence-electron chi connectivity index (χ4n) is 4.43. The molecule has 0 aliphatic carbocycles. The largest absolute Gasteiger partial charge is 0.497 e. The molecule has 38 heavy (non-hydrogen) atoms. The highest BCUT2D eigenvalue weighted by atomic mass is 16.5. The molecular formula is C28H30N6O4. The zero-order valence-electron chi connectivity index (χ0n) is 21.7. The zero-order chi connectivity index (χ0) is 26.7. The Morgan fingerprint density at radius 2 is 1.92 bits per heavy atom. The number of fused-ring (bicyclic) bond motifs is 1. The predicted octanol–water partition coefficient (Wildman–Crippen LogP) is 3.87. The van der Waals surface area contributed by atoms with Crippen LogP contribution in [0.3, 0.4) is 0 Å². The lowest BCUT2D eigenvalue weighted by Crippen LogP contribution is -2.38. The van der Waals surface area contributed by atoms with Gasteiger partial charge in [-0.25, -0.2) is 14.5 Å². The Kier molecular flexibility index (Phi) is 7.03. The Labute approximate surface area is 221 Å². The Morgan fingerprint density at radius 1 is 1.11 bits per heavy atom. The SMILES string of the molecule is COc1ccnc(OC2CCN(c3ccc(-c4cc(OCC(C)(C)O)cn5ncc(C#N)c45)cn3)CC2)c1. The number of aliphatic hydroxyl groups is 1. The van der Waals surface area contributed by atoms with E-state index in [9.17, 15) is 10.4 Å². The average molecular weight is 515 g/mol. The summed E-state index contributed by atoms with van der Waals surface area (Å²) >= 11 is 0. The van der Waals surface area contributed by atoms with Crippen LogP contribution in [0.2, 0.25) is 0 Å². The maximum atomic E-state index is 10.1. The summed E-state index contributed by atoms with van der Waals surface area (Å²) < 4.78 is 18.8. The molecule has 1 fully saturated rings. The Bertz CT molecular complexity index is 1450. The fourth-order valence-corrected chi connectivity index (χ4v) is 4.43. The van der Waals surface area contributed by atoms with Gasteiger partial charge in [-0.05, 0) is 38.1 Å². The molecule has 0 aromatic carbocycles. The molecule has 0 bridgehead atoms. The van der Waals surface area contributed by atoms with Crippen molar-refractivity contribution in [2.75, 3.05) is 31.7 Å². The second kappa shape index (κ2) is 10.6. The third-order valence-electron chi connectivity index (χ3n) is 6.35. The number of nitriles is 1. The molecule has 10 heteroatoms. The molecule has 0 radical (unpaired) electrons. The molecule has 10 nitrogen and oxygen atoms in total. The molecular weight excluding hydrogens is 484 g/mol. The van der Waals surface area contributed by atoms with Crippen LogP contribution in [-0.2, 0) is 0 Å². The lowest BCUT2D eigenvalue weighted by molar-refractivity contribution is 0.0283. The monoisotopic (exact) mass is 514 g/mol. The highest BCUT2D eigenvalue weighted by Gasteiger charge is 2.23. The minimum Gasteiger partial charge on any atom is -0.497 e. The van der Waals surface area contributed by atoms with Crippen LogP contribution in [0.4, 0.5) is 5.82 Å². The van der Waals surface area contributed by atoms with E-state index in [2.05, 4.69) is 21.1 Å². The number of piperidine rings is 1. The molecule has 196 valence electrons. The standard InChI is InChI=1S/C28H30N6O4/c1-28(2,35)18-37-23-12-24(27-20(14-29)16-32-34(27)17-23)19-4-5-25(31-15-19)33-10-7-21(8-11-33)38-26-13-22(36-3)6-9-30-26/h4-6,9,12-13,15-17,21,35H,7-8,10-11,18H2,1-3H3. The molecule has 4 aromatic rings. The van der Waals surface area contributed by atoms with E-state index in [1.807, 2.05) is 18.2 Å². The molecule has 1 saturated heterocycles. The smallest absolute Gasteiger partial charge is 0.217 e. The summed E-state index contributed by atoms with van der Waals surface area (Å²) in [7, 11) is 1.62. The average Bonchev–Trinajstić information content (AvgIpc) is 3.35. The van der Waals surface area contributed by atoms with Crippen molar-refractivity contribution >= 4 is 11.3 Å². The number of methoxy groups -OCH3 is 1. The quantitative estimate of drug-likeness (QED) is 0.374. The molecule has 1 N–H and O–H groups in total. The van der Waals surface area contributed by atoms with Crippen LogP contribution >= 0.6 is 0 Å². The number of pyridine rings is 3. The van der Waals surface area contributed by atoms with Crippen molar-refractivity contribution in [1.29, 1.82) is 5.26 Å². The van der Waals surface area contributed by atoms with E-state index >= 15 is 0 Å². The third-order valence-corrected chi connectivity index (χ3v) is 6.35. The Balaban J connectivity index is 1.31. The van der Waals surface area contributed by atoms with Gasteiger partial charge in [-0.2, -0.15) is 10.4 Å². The van der Waals surface area contributed by atoms with E-state index in [0.717, 1.165) is 48.6 Å². The second-order valence-corrected chi connectivity index (χ2v) is 9.90. The lowest BCUT2D eigenvalue weighted by Gasteiger charge is -2.32. The van der Waals surface area contributed by atoms with E-state index < -0.39 is 5.60 Å².